The second kappa shape index (κ2) is 8.53. The molecule has 1 amide bonds. The number of hydrogen-bond acceptors (Lipinski definition) is 4. The van der Waals surface area contributed by atoms with Gasteiger partial charge < -0.3 is 10.1 Å². The summed E-state index contributed by atoms with van der Waals surface area (Å²) in [6, 6.07) is 19.9. The largest absolute Gasteiger partial charge is 0.380 e. The molecule has 0 bridgehead atoms. The molecular weight excluding hydrogens is 412 g/mol. The summed E-state index contributed by atoms with van der Waals surface area (Å²) in [5.41, 5.74) is 4.61. The second-order valence-electron chi connectivity index (χ2n) is 7.39. The van der Waals surface area contributed by atoms with Crippen LogP contribution in [0.15, 0.2) is 71.6 Å². The molecule has 0 radical (unpaired) electrons. The van der Waals surface area contributed by atoms with Gasteiger partial charge in [0.1, 0.15) is 6.54 Å². The molecule has 3 aromatic carbocycles. The fourth-order valence-corrected chi connectivity index (χ4v) is 5.45. The topological polar surface area (TPSA) is 75.7 Å². The Morgan fingerprint density at radius 3 is 2.55 bits per heavy atom. The summed E-state index contributed by atoms with van der Waals surface area (Å²) in [7, 11) is -2.26. The SMILES string of the molecule is CCc1ccc2c(c1)-c1ccccc1S(=O)(=O)N2CC(=O)Nc1cccc(COC)c1. The van der Waals surface area contributed by atoms with Crippen molar-refractivity contribution in [2.75, 3.05) is 23.3 Å². The molecule has 1 aliphatic rings. The number of sulfonamides is 1. The molecule has 0 saturated heterocycles. The Hall–Kier alpha value is -3.16. The van der Waals surface area contributed by atoms with Gasteiger partial charge in [0.15, 0.2) is 0 Å². The van der Waals surface area contributed by atoms with Crippen molar-refractivity contribution in [3.63, 3.8) is 0 Å². The highest BCUT2D eigenvalue weighted by atomic mass is 32.2. The van der Waals surface area contributed by atoms with Crippen LogP contribution < -0.4 is 9.62 Å². The summed E-state index contributed by atoms with van der Waals surface area (Å²) in [6.07, 6.45) is 0.834. The van der Waals surface area contributed by atoms with E-state index in [1.165, 1.54) is 4.31 Å². The minimum Gasteiger partial charge on any atom is -0.380 e. The zero-order valence-electron chi connectivity index (χ0n) is 17.5. The first kappa shape index (κ1) is 21.1. The number of fused-ring (bicyclic) bond motifs is 3. The first-order valence-electron chi connectivity index (χ1n) is 10.1. The number of anilines is 2. The van der Waals surface area contributed by atoms with Gasteiger partial charge in [-0.3, -0.25) is 9.10 Å². The third-order valence-corrected chi connectivity index (χ3v) is 7.11. The first-order chi connectivity index (χ1) is 14.9. The molecule has 4 rings (SSSR count). The van der Waals surface area contributed by atoms with E-state index in [-0.39, 0.29) is 11.4 Å². The predicted octanol–water partition coefficient (Wildman–Crippen LogP) is 4.21. The molecule has 1 N–H and O–H groups in total. The minimum atomic E-state index is -3.87. The summed E-state index contributed by atoms with van der Waals surface area (Å²) in [5, 5.41) is 2.80. The first-order valence-corrected chi connectivity index (χ1v) is 11.5. The number of benzene rings is 3. The van der Waals surface area contributed by atoms with Crippen molar-refractivity contribution < 1.29 is 17.9 Å². The van der Waals surface area contributed by atoms with Crippen molar-refractivity contribution in [1.29, 1.82) is 0 Å². The van der Waals surface area contributed by atoms with Crippen LogP contribution in [0, 0.1) is 0 Å². The zero-order valence-corrected chi connectivity index (χ0v) is 18.3. The van der Waals surface area contributed by atoms with E-state index >= 15 is 0 Å². The van der Waals surface area contributed by atoms with E-state index < -0.39 is 15.9 Å². The van der Waals surface area contributed by atoms with E-state index in [0.29, 0.717) is 23.5 Å². The van der Waals surface area contributed by atoms with Gasteiger partial charge in [-0.05, 0) is 47.9 Å². The van der Waals surface area contributed by atoms with Gasteiger partial charge >= 0.3 is 0 Å². The number of rotatable bonds is 6. The van der Waals surface area contributed by atoms with E-state index in [0.717, 1.165) is 23.1 Å². The third-order valence-electron chi connectivity index (χ3n) is 5.29. The van der Waals surface area contributed by atoms with Crippen LogP contribution in [0.5, 0.6) is 0 Å². The molecule has 0 saturated carbocycles. The fraction of sp³-hybridized carbons (Fsp3) is 0.208. The Morgan fingerprint density at radius 2 is 1.77 bits per heavy atom. The number of ether oxygens (including phenoxy) is 1. The van der Waals surface area contributed by atoms with Gasteiger partial charge in [-0.15, -0.1) is 0 Å². The van der Waals surface area contributed by atoms with E-state index in [1.54, 1.807) is 31.4 Å². The average molecular weight is 437 g/mol. The molecule has 3 aromatic rings. The molecule has 1 aliphatic heterocycles. The average Bonchev–Trinajstić information content (AvgIpc) is 2.77. The molecule has 0 unspecified atom stereocenters. The van der Waals surface area contributed by atoms with E-state index in [1.807, 2.05) is 42.5 Å². The smallest absolute Gasteiger partial charge is 0.265 e. The quantitative estimate of drug-likeness (QED) is 0.628. The lowest BCUT2D eigenvalue weighted by Crippen LogP contribution is -2.40. The number of carbonyl (C=O) groups excluding carboxylic acids is 1. The van der Waals surface area contributed by atoms with Gasteiger partial charge in [0, 0.05) is 23.9 Å². The van der Waals surface area contributed by atoms with Crippen LogP contribution in [-0.4, -0.2) is 28.0 Å². The van der Waals surface area contributed by atoms with Gasteiger partial charge in [0.25, 0.3) is 10.0 Å². The fourth-order valence-electron chi connectivity index (χ4n) is 3.81. The standard InChI is InChI=1S/C24H24N2O4S/c1-3-17-11-12-22-21(14-17)20-9-4-5-10-23(20)31(28,29)26(22)15-24(27)25-19-8-6-7-18(13-19)16-30-2/h4-14H,3,15-16H2,1-2H3,(H,25,27). The second-order valence-corrected chi connectivity index (χ2v) is 9.23. The predicted molar refractivity (Wildman–Crippen MR) is 122 cm³/mol. The lowest BCUT2D eigenvalue weighted by Gasteiger charge is -2.32. The van der Waals surface area contributed by atoms with Gasteiger partial charge in [-0.1, -0.05) is 43.3 Å². The highest BCUT2D eigenvalue weighted by Crippen LogP contribution is 2.43. The highest BCUT2D eigenvalue weighted by Gasteiger charge is 2.35. The van der Waals surface area contributed by atoms with Crippen molar-refractivity contribution in [1.82, 2.24) is 0 Å². The number of amides is 1. The molecule has 160 valence electrons. The number of nitrogens with one attached hydrogen (secondary N) is 1. The molecule has 31 heavy (non-hydrogen) atoms. The Labute approximate surface area is 182 Å². The van der Waals surface area contributed by atoms with E-state index in [4.69, 9.17) is 4.74 Å². The summed E-state index contributed by atoms with van der Waals surface area (Å²) in [5.74, 6) is -0.414. The number of methoxy groups -OCH3 is 1. The number of carbonyl (C=O) groups is 1. The monoisotopic (exact) mass is 436 g/mol. The molecular formula is C24H24N2O4S. The Bertz CT molecular complexity index is 1240. The number of nitrogens with zero attached hydrogens (tertiary/aromatic N) is 1. The van der Waals surface area contributed by atoms with Gasteiger partial charge in [-0.2, -0.15) is 0 Å². The molecule has 1 heterocycles. The molecule has 0 fully saturated rings. The molecule has 0 aromatic heterocycles. The van der Waals surface area contributed by atoms with Crippen LogP contribution in [0.4, 0.5) is 11.4 Å². The van der Waals surface area contributed by atoms with E-state index in [2.05, 4.69) is 12.2 Å². The summed E-state index contributed by atoms with van der Waals surface area (Å²) in [6.45, 7) is 2.16. The minimum absolute atomic E-state index is 0.214. The zero-order chi connectivity index (χ0) is 22.0. The lowest BCUT2D eigenvalue weighted by atomic mass is 9.99. The van der Waals surface area contributed by atoms with Crippen molar-refractivity contribution in [2.24, 2.45) is 0 Å². The molecule has 0 spiro atoms. The maximum Gasteiger partial charge on any atom is 0.265 e. The highest BCUT2D eigenvalue weighted by molar-refractivity contribution is 7.93. The molecule has 6 nitrogen and oxygen atoms in total. The van der Waals surface area contributed by atoms with Crippen molar-refractivity contribution in [3.05, 3.63) is 77.9 Å². The van der Waals surface area contributed by atoms with Crippen molar-refractivity contribution in [3.8, 4) is 11.1 Å². The van der Waals surface area contributed by atoms with Crippen molar-refractivity contribution in [2.45, 2.75) is 24.8 Å². The lowest BCUT2D eigenvalue weighted by molar-refractivity contribution is -0.114. The Kier molecular flexibility index (Phi) is 5.80. The Balaban J connectivity index is 1.68. The third kappa shape index (κ3) is 4.06. The maximum absolute atomic E-state index is 13.4. The van der Waals surface area contributed by atoms with Crippen LogP contribution >= 0.6 is 0 Å². The maximum atomic E-state index is 13.4. The number of aryl methyl sites for hydroxylation is 1. The number of hydrogen-bond donors (Lipinski definition) is 1. The summed E-state index contributed by atoms with van der Waals surface area (Å²) < 4.78 is 33.1. The van der Waals surface area contributed by atoms with Crippen LogP contribution in [-0.2, 0) is 32.6 Å². The normalized spacial score (nSPS) is 13.9. The van der Waals surface area contributed by atoms with Gasteiger partial charge in [0.2, 0.25) is 5.91 Å². The van der Waals surface area contributed by atoms with Crippen LogP contribution in [0.3, 0.4) is 0 Å². The van der Waals surface area contributed by atoms with E-state index in [9.17, 15) is 13.2 Å². The Morgan fingerprint density at radius 1 is 0.968 bits per heavy atom. The van der Waals surface area contributed by atoms with Crippen molar-refractivity contribution >= 4 is 27.3 Å². The molecule has 7 heteroatoms. The molecule has 0 atom stereocenters. The molecule has 0 aliphatic carbocycles. The summed E-state index contributed by atoms with van der Waals surface area (Å²) >= 11 is 0. The van der Waals surface area contributed by atoms with Gasteiger partial charge in [-0.25, -0.2) is 8.42 Å². The van der Waals surface area contributed by atoms with Crippen LogP contribution in [0.2, 0.25) is 0 Å². The van der Waals surface area contributed by atoms with Gasteiger partial charge in [0.05, 0.1) is 17.2 Å². The van der Waals surface area contributed by atoms with Crippen LogP contribution in [0.1, 0.15) is 18.1 Å². The van der Waals surface area contributed by atoms with Crippen LogP contribution in [0.25, 0.3) is 11.1 Å². The summed E-state index contributed by atoms with van der Waals surface area (Å²) in [4.78, 5) is 13.0.